The average molecular weight is 1460 g/mol. The van der Waals surface area contributed by atoms with Crippen molar-refractivity contribution in [1.29, 1.82) is 0 Å². The summed E-state index contributed by atoms with van der Waals surface area (Å²) in [7, 11) is -9.78. The molecule has 16 nitrogen and oxygen atoms in total. The number of esters is 3. The minimum Gasteiger partial charge on any atom is -0.463 e. The molecule has 0 aromatic rings. The van der Waals surface area contributed by atoms with Crippen molar-refractivity contribution < 1.29 is 75.8 Å². The van der Waals surface area contributed by atoms with Crippen LogP contribution < -0.4 is 0 Å². The van der Waals surface area contributed by atoms with Crippen LogP contribution in [0.15, 0.2) is 97.2 Å². The maximum Gasteiger partial charge on any atom is 0.472 e. The zero-order valence-corrected chi connectivity index (χ0v) is 65.9. The van der Waals surface area contributed by atoms with Crippen molar-refractivity contribution in [2.24, 2.45) is 0 Å². The summed E-state index contributed by atoms with van der Waals surface area (Å²) >= 11 is 0. The van der Waals surface area contributed by atoms with Gasteiger partial charge in [-0.25, -0.2) is 9.13 Å². The molecule has 4 N–H and O–H groups in total. The summed E-state index contributed by atoms with van der Waals surface area (Å²) in [6.07, 6.45) is 87.5. The number of allylic oxidation sites excluding steroid dienone is 16. The van der Waals surface area contributed by atoms with E-state index in [0.717, 1.165) is 116 Å². The van der Waals surface area contributed by atoms with Crippen LogP contribution in [0.5, 0.6) is 0 Å². The Hall–Kier alpha value is -3.53. The molecule has 5 atom stereocenters. The van der Waals surface area contributed by atoms with Crippen LogP contribution in [0.1, 0.15) is 355 Å². The minimum atomic E-state index is -4.93. The Labute approximate surface area is 616 Å². The number of hydrogen-bond acceptors (Lipinski definition) is 14. The van der Waals surface area contributed by atoms with Gasteiger partial charge in [0.2, 0.25) is 0 Å². The van der Waals surface area contributed by atoms with Crippen molar-refractivity contribution in [3.63, 3.8) is 0 Å². The topological polar surface area (TPSA) is 231 Å². The largest absolute Gasteiger partial charge is 0.472 e. The summed E-state index contributed by atoms with van der Waals surface area (Å²) in [6, 6.07) is 0. The number of unbranched alkanes of at least 4 members (excludes halogenated alkanes) is 38. The predicted octanol–water partition coefficient (Wildman–Crippen LogP) is 23.8. The lowest BCUT2D eigenvalue weighted by atomic mass is 10.0. The van der Waals surface area contributed by atoms with Gasteiger partial charge in [-0.15, -0.1) is 0 Å². The third-order valence-corrected chi connectivity index (χ3v) is 19.2. The van der Waals surface area contributed by atoms with Crippen molar-refractivity contribution in [2.45, 2.75) is 373 Å². The van der Waals surface area contributed by atoms with Gasteiger partial charge in [-0.05, 0) is 109 Å². The number of phosphoric ester groups is 2. The lowest BCUT2D eigenvalue weighted by Crippen LogP contribution is -2.30. The van der Waals surface area contributed by atoms with Crippen LogP contribution >= 0.6 is 15.6 Å². The minimum absolute atomic E-state index is 0.104. The molecule has 0 aromatic carbocycles. The van der Waals surface area contributed by atoms with Crippen LogP contribution in [0.2, 0.25) is 0 Å². The monoisotopic (exact) mass is 1460 g/mol. The van der Waals surface area contributed by atoms with Gasteiger partial charge in [-0.1, -0.05) is 323 Å². The van der Waals surface area contributed by atoms with E-state index in [1.165, 1.54) is 180 Å². The van der Waals surface area contributed by atoms with Crippen LogP contribution in [0, 0.1) is 0 Å². The van der Waals surface area contributed by atoms with Gasteiger partial charge in [0.1, 0.15) is 25.4 Å². The highest BCUT2D eigenvalue weighted by atomic mass is 31.2. The fourth-order valence-corrected chi connectivity index (χ4v) is 12.7. The normalized spacial score (nSPS) is 14.5. The number of ether oxygens (including phenoxy) is 3. The molecule has 586 valence electrons. The van der Waals surface area contributed by atoms with Crippen LogP contribution in [0.25, 0.3) is 0 Å². The second-order valence-corrected chi connectivity index (χ2v) is 30.1. The highest BCUT2D eigenvalue weighted by Crippen LogP contribution is 2.45. The third kappa shape index (κ3) is 77.4. The van der Waals surface area contributed by atoms with Gasteiger partial charge in [0.15, 0.2) is 6.10 Å². The first kappa shape index (κ1) is 97.5. The average Bonchev–Trinajstić information content (AvgIpc) is 0.936. The van der Waals surface area contributed by atoms with Crippen molar-refractivity contribution in [2.75, 3.05) is 39.6 Å². The number of phosphoric acid groups is 2. The molecule has 0 saturated heterocycles. The number of aliphatic hydroxyl groups is 2. The molecule has 0 amide bonds. The van der Waals surface area contributed by atoms with E-state index in [0.29, 0.717) is 19.3 Å². The summed E-state index contributed by atoms with van der Waals surface area (Å²) in [5.74, 6) is -1.58. The van der Waals surface area contributed by atoms with Crippen LogP contribution in [0.4, 0.5) is 0 Å². The smallest absolute Gasteiger partial charge is 0.463 e. The number of rotatable bonds is 77. The summed E-state index contributed by atoms with van der Waals surface area (Å²) in [4.78, 5) is 58.6. The van der Waals surface area contributed by atoms with E-state index < -0.39 is 91.5 Å². The first-order valence-electron chi connectivity index (χ1n) is 40.5. The molecule has 0 saturated carbocycles. The fourth-order valence-electron chi connectivity index (χ4n) is 11.1. The standard InChI is InChI=1S/C83H148O16P2/c1-4-7-10-13-16-19-22-25-27-29-31-33-34-35-36-37-38-39-40-41-42-44-46-47-49-52-54-57-60-63-66-69-81(86)93-72-78(84)73-95-100(89,90)96-74-79(85)75-97-101(91,92)98-77-80(99-83(88)71-68-65-62-59-56-51-24-21-18-15-12-9-6-3)76-94-82(87)70-67-64-61-58-55-53-50-48-45-43-32-30-28-26-23-20-17-14-11-8-5-2/h16-17,19-20,25-28,31-33,35-36,43,48,50,78-80,84-85H,4-15,18,21-24,29-30,34,37-42,44-47,49,51-77H2,1-3H3,(H,89,90)(H,91,92)/b19-16-,20-17-,27-25-,28-26-,33-31-,36-35-,43-32-,50-48-. The van der Waals surface area contributed by atoms with Gasteiger partial charge in [0.25, 0.3) is 0 Å². The van der Waals surface area contributed by atoms with E-state index >= 15 is 0 Å². The molecule has 101 heavy (non-hydrogen) atoms. The molecule has 0 aliphatic carbocycles. The van der Waals surface area contributed by atoms with Crippen LogP contribution in [-0.2, 0) is 55.8 Å². The molecule has 5 unspecified atom stereocenters. The molecule has 0 spiro atoms. The van der Waals surface area contributed by atoms with Gasteiger partial charge in [0, 0.05) is 19.3 Å². The molecule has 0 aliphatic rings. The second kappa shape index (κ2) is 76.1. The van der Waals surface area contributed by atoms with Crippen molar-refractivity contribution in [3.05, 3.63) is 97.2 Å². The predicted molar refractivity (Wildman–Crippen MR) is 417 cm³/mol. The Morgan fingerprint density at radius 1 is 0.277 bits per heavy atom. The SMILES string of the molecule is CCCCC/C=C\C/C=C\C/C=C\C/C=C\CCCCCCCCCCCCCCCCCC(=O)OCC(O)COP(=O)(O)OCC(O)COP(=O)(O)OCC(COC(=O)CCCCCCC/C=C\C/C=C\C/C=C\C/C=C\CCCCC)OC(=O)CCCCCCCCCCCCCCC. The second-order valence-electron chi connectivity index (χ2n) is 27.2. The Morgan fingerprint density at radius 2 is 0.495 bits per heavy atom. The van der Waals surface area contributed by atoms with Gasteiger partial charge in [-0.2, -0.15) is 0 Å². The lowest BCUT2D eigenvalue weighted by molar-refractivity contribution is -0.161. The molecule has 0 bridgehead atoms. The Bertz CT molecular complexity index is 2220. The van der Waals surface area contributed by atoms with Crippen molar-refractivity contribution >= 4 is 33.6 Å². The van der Waals surface area contributed by atoms with E-state index in [-0.39, 0.29) is 19.3 Å². The Morgan fingerprint density at radius 3 is 0.802 bits per heavy atom. The maximum absolute atomic E-state index is 12.9. The van der Waals surface area contributed by atoms with E-state index in [4.69, 9.17) is 32.3 Å². The summed E-state index contributed by atoms with van der Waals surface area (Å²) in [5, 5.41) is 20.6. The molecule has 0 rings (SSSR count). The zero-order chi connectivity index (χ0) is 73.7. The lowest BCUT2D eigenvalue weighted by Gasteiger charge is -2.21. The van der Waals surface area contributed by atoms with Crippen LogP contribution in [-0.4, -0.2) is 95.9 Å². The fraction of sp³-hybridized carbons (Fsp3) is 0.771. The summed E-state index contributed by atoms with van der Waals surface area (Å²) < 4.78 is 61.1. The highest BCUT2D eigenvalue weighted by Gasteiger charge is 2.29. The zero-order valence-electron chi connectivity index (χ0n) is 64.1. The molecule has 0 radical (unpaired) electrons. The maximum atomic E-state index is 12.9. The highest BCUT2D eigenvalue weighted by molar-refractivity contribution is 7.47. The Kier molecular flexibility index (Phi) is 73.5. The van der Waals surface area contributed by atoms with Crippen LogP contribution in [0.3, 0.4) is 0 Å². The molecule has 0 aliphatic heterocycles. The number of aliphatic hydroxyl groups excluding tert-OH is 2. The molecule has 0 fully saturated rings. The third-order valence-electron chi connectivity index (χ3n) is 17.3. The quantitative estimate of drug-likeness (QED) is 0.0146. The molecule has 0 aromatic heterocycles. The van der Waals surface area contributed by atoms with E-state index in [2.05, 4.69) is 118 Å². The summed E-state index contributed by atoms with van der Waals surface area (Å²) in [6.45, 7) is 2.64. The van der Waals surface area contributed by atoms with E-state index in [9.17, 15) is 43.5 Å². The van der Waals surface area contributed by atoms with Gasteiger partial charge < -0.3 is 34.2 Å². The number of carbonyl (C=O) groups is 3. The first-order valence-corrected chi connectivity index (χ1v) is 43.5. The number of carbonyl (C=O) groups excluding carboxylic acids is 3. The van der Waals surface area contributed by atoms with Gasteiger partial charge in [-0.3, -0.25) is 32.5 Å². The van der Waals surface area contributed by atoms with E-state index in [1.54, 1.807) is 0 Å². The van der Waals surface area contributed by atoms with Gasteiger partial charge in [0.05, 0.1) is 26.4 Å². The molecular weight excluding hydrogens is 1310 g/mol. The van der Waals surface area contributed by atoms with Gasteiger partial charge >= 0.3 is 33.6 Å². The molecule has 18 heteroatoms. The summed E-state index contributed by atoms with van der Waals surface area (Å²) in [5.41, 5.74) is 0. The number of hydrogen-bond donors (Lipinski definition) is 4. The molecular formula is C83H148O16P2. The Balaban J connectivity index is 4.45. The first-order chi connectivity index (χ1) is 49.2. The van der Waals surface area contributed by atoms with E-state index in [1.807, 2.05) is 0 Å². The van der Waals surface area contributed by atoms with Crippen molar-refractivity contribution in [3.8, 4) is 0 Å². The molecule has 0 heterocycles. The van der Waals surface area contributed by atoms with Crippen molar-refractivity contribution in [1.82, 2.24) is 0 Å².